The molecule has 4 heteroatoms. The lowest BCUT2D eigenvalue weighted by atomic mass is 10.8. The van der Waals surface area contributed by atoms with E-state index in [0.717, 1.165) is 0 Å². The van der Waals surface area contributed by atoms with Gasteiger partial charge in [0, 0.05) is 0 Å². The fourth-order valence-electron chi connectivity index (χ4n) is 0.442. The zero-order chi connectivity index (χ0) is 7.40. The number of aromatic nitrogens is 2. The average molecular weight is 248 g/mol. The standard InChI is InChI=1S/C6H5IN2O/c1-2-6(7)10-9-5-3-4-8-9/h1,3-6H. The molecule has 0 fully saturated rings. The Bertz CT molecular complexity index is 226. The molecule has 0 bridgehead atoms. The van der Waals surface area contributed by atoms with Crippen molar-refractivity contribution in [1.82, 2.24) is 9.94 Å². The zero-order valence-electron chi connectivity index (χ0n) is 5.07. The molecule has 52 valence electrons. The van der Waals surface area contributed by atoms with Crippen LogP contribution >= 0.6 is 22.6 Å². The van der Waals surface area contributed by atoms with Crippen LogP contribution in [0, 0.1) is 12.3 Å². The molecular weight excluding hydrogens is 243 g/mol. The minimum atomic E-state index is -0.266. The van der Waals surface area contributed by atoms with E-state index in [-0.39, 0.29) is 4.11 Å². The van der Waals surface area contributed by atoms with Crippen molar-refractivity contribution in [1.29, 1.82) is 0 Å². The number of alkyl halides is 1. The van der Waals surface area contributed by atoms with Gasteiger partial charge in [0.15, 0.2) is 0 Å². The predicted molar refractivity (Wildman–Crippen MR) is 45.4 cm³/mol. The van der Waals surface area contributed by atoms with Crippen LogP contribution < -0.4 is 4.84 Å². The number of hydrogen-bond donors (Lipinski definition) is 0. The molecule has 1 aromatic rings. The smallest absolute Gasteiger partial charge is 0.236 e. The third-order valence-corrected chi connectivity index (χ3v) is 1.40. The van der Waals surface area contributed by atoms with Crippen LogP contribution in [0.2, 0.25) is 0 Å². The van der Waals surface area contributed by atoms with Crippen molar-refractivity contribution in [2.45, 2.75) is 4.11 Å². The minimum absolute atomic E-state index is 0.266. The minimum Gasteiger partial charge on any atom is -0.370 e. The average Bonchev–Trinajstić information content (AvgIpc) is 2.40. The Morgan fingerprint density at radius 2 is 2.60 bits per heavy atom. The molecule has 0 radical (unpaired) electrons. The molecule has 1 unspecified atom stereocenters. The summed E-state index contributed by atoms with van der Waals surface area (Å²) in [6, 6.07) is 1.76. The van der Waals surface area contributed by atoms with Gasteiger partial charge in [-0.25, -0.2) is 0 Å². The third-order valence-electron chi connectivity index (χ3n) is 0.812. The second-order valence-corrected chi connectivity index (χ2v) is 2.63. The summed E-state index contributed by atoms with van der Waals surface area (Å²) >= 11 is 1.99. The van der Waals surface area contributed by atoms with Crippen LogP contribution in [0.3, 0.4) is 0 Å². The first kappa shape index (κ1) is 7.41. The quantitative estimate of drug-likeness (QED) is 0.437. The van der Waals surface area contributed by atoms with E-state index in [4.69, 9.17) is 11.3 Å². The first-order chi connectivity index (χ1) is 4.83. The number of hydrogen-bond acceptors (Lipinski definition) is 2. The van der Waals surface area contributed by atoms with Gasteiger partial charge in [-0.2, -0.15) is 0 Å². The van der Waals surface area contributed by atoms with E-state index in [9.17, 15) is 0 Å². The van der Waals surface area contributed by atoms with E-state index in [1.807, 2.05) is 22.6 Å². The van der Waals surface area contributed by atoms with Gasteiger partial charge in [0.2, 0.25) is 4.11 Å². The monoisotopic (exact) mass is 248 g/mol. The van der Waals surface area contributed by atoms with Gasteiger partial charge in [-0.1, -0.05) is 0 Å². The fraction of sp³-hybridized carbons (Fsp3) is 0.167. The van der Waals surface area contributed by atoms with E-state index < -0.39 is 0 Å². The van der Waals surface area contributed by atoms with E-state index in [0.29, 0.717) is 0 Å². The van der Waals surface area contributed by atoms with Gasteiger partial charge >= 0.3 is 0 Å². The second kappa shape index (κ2) is 3.46. The summed E-state index contributed by atoms with van der Waals surface area (Å²) in [5.41, 5.74) is 0. The van der Waals surface area contributed by atoms with Crippen molar-refractivity contribution in [2.75, 3.05) is 0 Å². The van der Waals surface area contributed by atoms with E-state index >= 15 is 0 Å². The number of halogens is 1. The molecule has 0 amide bonds. The Labute approximate surface area is 72.5 Å². The van der Waals surface area contributed by atoms with Gasteiger partial charge in [0.25, 0.3) is 0 Å². The molecule has 1 heterocycles. The van der Waals surface area contributed by atoms with Crippen LogP contribution in [0.15, 0.2) is 18.5 Å². The van der Waals surface area contributed by atoms with Crippen LogP contribution in [0.4, 0.5) is 0 Å². The van der Waals surface area contributed by atoms with Crippen molar-refractivity contribution in [3.8, 4) is 12.3 Å². The first-order valence-corrected chi connectivity index (χ1v) is 3.84. The van der Waals surface area contributed by atoms with Crippen molar-refractivity contribution >= 4 is 22.6 Å². The van der Waals surface area contributed by atoms with Crippen molar-refractivity contribution in [3.63, 3.8) is 0 Å². The maximum absolute atomic E-state index is 5.07. The van der Waals surface area contributed by atoms with E-state index in [2.05, 4.69) is 11.0 Å². The molecule has 0 N–H and O–H groups in total. The fourth-order valence-corrected chi connectivity index (χ4v) is 0.675. The summed E-state index contributed by atoms with van der Waals surface area (Å²) in [4.78, 5) is 6.39. The van der Waals surface area contributed by atoms with Crippen molar-refractivity contribution < 1.29 is 4.84 Å². The van der Waals surface area contributed by atoms with Gasteiger partial charge in [0.1, 0.15) is 0 Å². The molecule has 0 aliphatic heterocycles. The molecule has 0 aromatic carbocycles. The highest BCUT2D eigenvalue weighted by Gasteiger charge is 1.97. The molecular formula is C6H5IN2O. The van der Waals surface area contributed by atoms with Gasteiger partial charge in [-0.05, 0) is 34.6 Å². The van der Waals surface area contributed by atoms with Crippen molar-refractivity contribution in [3.05, 3.63) is 18.5 Å². The summed E-state index contributed by atoms with van der Waals surface area (Å²) < 4.78 is -0.266. The molecule has 3 nitrogen and oxygen atoms in total. The zero-order valence-corrected chi connectivity index (χ0v) is 7.22. The highest BCUT2D eigenvalue weighted by molar-refractivity contribution is 14.1. The Morgan fingerprint density at radius 3 is 3.10 bits per heavy atom. The van der Waals surface area contributed by atoms with Gasteiger partial charge in [-0.3, -0.25) is 0 Å². The Hall–Kier alpha value is -0.700. The molecule has 10 heavy (non-hydrogen) atoms. The lowest BCUT2D eigenvalue weighted by molar-refractivity contribution is 0.0985. The van der Waals surface area contributed by atoms with Crippen LogP contribution in [0.5, 0.6) is 0 Å². The lowest BCUT2D eigenvalue weighted by Crippen LogP contribution is -2.17. The second-order valence-electron chi connectivity index (χ2n) is 1.50. The SMILES string of the molecule is C#CC(I)On1cccn1. The highest BCUT2D eigenvalue weighted by atomic mass is 127. The van der Waals surface area contributed by atoms with E-state index in [1.54, 1.807) is 18.5 Å². The molecule has 1 rings (SSSR count). The Kier molecular flexibility index (Phi) is 2.57. The van der Waals surface area contributed by atoms with Gasteiger partial charge in [-0.15, -0.1) is 16.4 Å². The summed E-state index contributed by atoms with van der Waals surface area (Å²) in [5, 5.41) is 3.80. The Morgan fingerprint density at radius 1 is 1.80 bits per heavy atom. The van der Waals surface area contributed by atoms with Gasteiger partial charge < -0.3 is 4.84 Å². The molecule has 0 saturated heterocycles. The van der Waals surface area contributed by atoms with E-state index in [1.165, 1.54) is 4.85 Å². The molecule has 0 aliphatic carbocycles. The van der Waals surface area contributed by atoms with Crippen LogP contribution in [0.1, 0.15) is 0 Å². The predicted octanol–water partition coefficient (Wildman–Crippen LogP) is 0.706. The molecule has 0 aliphatic rings. The number of nitrogens with zero attached hydrogens (tertiary/aromatic N) is 2. The molecule has 1 aromatic heterocycles. The highest BCUT2D eigenvalue weighted by Crippen LogP contribution is 1.95. The molecule has 0 spiro atoms. The summed E-state index contributed by atoms with van der Waals surface area (Å²) in [6.07, 6.45) is 8.37. The van der Waals surface area contributed by atoms with Crippen LogP contribution in [0.25, 0.3) is 0 Å². The number of terminal acetylenes is 1. The van der Waals surface area contributed by atoms with Crippen LogP contribution in [-0.4, -0.2) is 14.1 Å². The van der Waals surface area contributed by atoms with Gasteiger partial charge in [0.05, 0.1) is 12.4 Å². The maximum Gasteiger partial charge on any atom is 0.236 e. The van der Waals surface area contributed by atoms with Crippen molar-refractivity contribution in [2.24, 2.45) is 0 Å². The molecule has 0 saturated carbocycles. The maximum atomic E-state index is 5.07. The lowest BCUT2D eigenvalue weighted by Gasteiger charge is -2.04. The summed E-state index contributed by atoms with van der Waals surface area (Å²) in [6.45, 7) is 0. The number of rotatable bonds is 2. The largest absolute Gasteiger partial charge is 0.370 e. The molecule has 1 atom stereocenters. The first-order valence-electron chi connectivity index (χ1n) is 2.60. The van der Waals surface area contributed by atoms with Crippen LogP contribution in [-0.2, 0) is 0 Å². The third kappa shape index (κ3) is 1.92. The topological polar surface area (TPSA) is 27.1 Å². The normalized spacial score (nSPS) is 12.0. The summed E-state index contributed by atoms with van der Waals surface area (Å²) in [7, 11) is 0. The Balaban J connectivity index is 2.50. The summed E-state index contributed by atoms with van der Waals surface area (Å²) in [5.74, 6) is 2.41.